The number of rotatable bonds is 3. The summed E-state index contributed by atoms with van der Waals surface area (Å²) in [6.45, 7) is 0. The van der Waals surface area contributed by atoms with Crippen LogP contribution in [-0.4, -0.2) is 7.05 Å². The zero-order valence-corrected chi connectivity index (χ0v) is 13.2. The van der Waals surface area contributed by atoms with Crippen molar-refractivity contribution in [2.45, 2.75) is 6.04 Å². The number of hydrogen-bond acceptors (Lipinski definition) is 1. The van der Waals surface area contributed by atoms with Gasteiger partial charge in [0.1, 0.15) is 11.6 Å². The summed E-state index contributed by atoms with van der Waals surface area (Å²) in [6.07, 6.45) is 0. The molecule has 0 aromatic heterocycles. The predicted molar refractivity (Wildman–Crippen MR) is 79.1 cm³/mol. The van der Waals surface area contributed by atoms with E-state index in [0.717, 1.165) is 15.6 Å². The van der Waals surface area contributed by atoms with Crippen LogP contribution in [0.25, 0.3) is 0 Å². The fourth-order valence-corrected chi connectivity index (χ4v) is 2.80. The first-order valence-electron chi connectivity index (χ1n) is 5.60. The molecule has 1 unspecified atom stereocenters. The van der Waals surface area contributed by atoms with Gasteiger partial charge in [0.25, 0.3) is 0 Å². The lowest BCUT2D eigenvalue weighted by atomic mass is 9.99. The highest BCUT2D eigenvalue weighted by Gasteiger charge is 2.16. The second-order valence-electron chi connectivity index (χ2n) is 4.06. The van der Waals surface area contributed by atoms with Gasteiger partial charge in [0.2, 0.25) is 0 Å². The summed E-state index contributed by atoms with van der Waals surface area (Å²) in [4.78, 5) is 0. The van der Waals surface area contributed by atoms with Crippen molar-refractivity contribution in [2.24, 2.45) is 0 Å². The Balaban J connectivity index is 2.49. The van der Waals surface area contributed by atoms with Gasteiger partial charge in [-0.05, 0) is 64.4 Å². The molecule has 1 atom stereocenters. The molecule has 0 amide bonds. The molecule has 0 heterocycles. The second-order valence-corrected chi connectivity index (χ2v) is 5.77. The van der Waals surface area contributed by atoms with Gasteiger partial charge in [-0.2, -0.15) is 0 Å². The minimum absolute atomic E-state index is 0.220. The SMILES string of the molecule is CNC(c1ccc(F)c(Br)c1)c1cc(F)ccc1Br. The fraction of sp³-hybridized carbons (Fsp3) is 0.143. The monoisotopic (exact) mass is 389 g/mol. The maximum atomic E-state index is 13.4. The van der Waals surface area contributed by atoms with Gasteiger partial charge in [0.15, 0.2) is 0 Å². The largest absolute Gasteiger partial charge is 0.309 e. The van der Waals surface area contributed by atoms with Gasteiger partial charge in [0, 0.05) is 4.47 Å². The molecule has 5 heteroatoms. The van der Waals surface area contributed by atoms with Gasteiger partial charge in [-0.1, -0.05) is 22.0 Å². The molecule has 2 aromatic rings. The minimum atomic E-state index is -0.322. The third kappa shape index (κ3) is 3.22. The molecule has 1 N–H and O–H groups in total. The molecule has 19 heavy (non-hydrogen) atoms. The molecular weight excluding hydrogens is 380 g/mol. The van der Waals surface area contributed by atoms with Crippen molar-refractivity contribution in [3.8, 4) is 0 Å². The van der Waals surface area contributed by atoms with Gasteiger partial charge in [-0.15, -0.1) is 0 Å². The molecule has 0 spiro atoms. The molecule has 0 aliphatic heterocycles. The van der Waals surface area contributed by atoms with Crippen molar-refractivity contribution < 1.29 is 8.78 Å². The second kappa shape index (κ2) is 6.11. The van der Waals surface area contributed by atoms with E-state index in [1.807, 2.05) is 0 Å². The van der Waals surface area contributed by atoms with Crippen LogP contribution in [0.4, 0.5) is 8.78 Å². The van der Waals surface area contributed by atoms with Crippen LogP contribution in [0.3, 0.4) is 0 Å². The lowest BCUT2D eigenvalue weighted by Gasteiger charge is -2.19. The van der Waals surface area contributed by atoms with Crippen LogP contribution in [0, 0.1) is 11.6 Å². The summed E-state index contributed by atoms with van der Waals surface area (Å²) in [6, 6.07) is 9.04. The van der Waals surface area contributed by atoms with Crippen LogP contribution < -0.4 is 5.32 Å². The summed E-state index contributed by atoms with van der Waals surface area (Å²) < 4.78 is 27.8. The first-order chi connectivity index (χ1) is 9.02. The van der Waals surface area contributed by atoms with Crippen molar-refractivity contribution in [1.82, 2.24) is 5.32 Å². The van der Waals surface area contributed by atoms with E-state index in [4.69, 9.17) is 0 Å². The van der Waals surface area contributed by atoms with Gasteiger partial charge in [-0.3, -0.25) is 0 Å². The van der Waals surface area contributed by atoms with Crippen LogP contribution in [0.1, 0.15) is 17.2 Å². The molecule has 0 bridgehead atoms. The lowest BCUT2D eigenvalue weighted by Crippen LogP contribution is -2.18. The molecule has 2 aromatic carbocycles. The molecule has 0 fully saturated rings. The van der Waals surface area contributed by atoms with Crippen LogP contribution in [0.15, 0.2) is 45.3 Å². The van der Waals surface area contributed by atoms with Crippen LogP contribution in [-0.2, 0) is 0 Å². The molecule has 0 radical (unpaired) electrons. The van der Waals surface area contributed by atoms with E-state index in [9.17, 15) is 8.78 Å². The van der Waals surface area contributed by atoms with E-state index in [0.29, 0.717) is 4.47 Å². The third-order valence-corrected chi connectivity index (χ3v) is 4.16. The maximum Gasteiger partial charge on any atom is 0.137 e. The first-order valence-corrected chi connectivity index (χ1v) is 7.18. The molecule has 0 saturated heterocycles. The van der Waals surface area contributed by atoms with Crippen LogP contribution >= 0.6 is 31.9 Å². The Hall–Kier alpha value is -0.780. The van der Waals surface area contributed by atoms with Gasteiger partial charge in [0.05, 0.1) is 10.5 Å². The summed E-state index contributed by atoms with van der Waals surface area (Å²) in [5, 5.41) is 3.11. The molecule has 0 aliphatic rings. The molecule has 0 aliphatic carbocycles. The molecule has 0 saturated carbocycles. The zero-order valence-electron chi connectivity index (χ0n) is 10.1. The highest BCUT2D eigenvalue weighted by Crippen LogP contribution is 2.31. The first kappa shape index (κ1) is 14.6. The Kier molecular flexibility index (Phi) is 4.71. The summed E-state index contributed by atoms with van der Waals surface area (Å²) in [5.41, 5.74) is 1.61. The number of benzene rings is 2. The van der Waals surface area contributed by atoms with Crippen LogP contribution in [0.5, 0.6) is 0 Å². The van der Waals surface area contributed by atoms with E-state index in [2.05, 4.69) is 37.2 Å². The van der Waals surface area contributed by atoms with Gasteiger partial charge >= 0.3 is 0 Å². The summed E-state index contributed by atoms with van der Waals surface area (Å²) in [7, 11) is 1.78. The Labute approximate surface area is 127 Å². The zero-order chi connectivity index (χ0) is 14.0. The topological polar surface area (TPSA) is 12.0 Å². The van der Waals surface area contributed by atoms with Crippen molar-refractivity contribution in [2.75, 3.05) is 7.05 Å². The Bertz CT molecular complexity index is 602. The van der Waals surface area contributed by atoms with Crippen molar-refractivity contribution in [3.05, 3.63) is 68.1 Å². The van der Waals surface area contributed by atoms with Crippen molar-refractivity contribution in [1.29, 1.82) is 0 Å². The number of hydrogen-bond donors (Lipinski definition) is 1. The van der Waals surface area contributed by atoms with E-state index in [1.54, 1.807) is 25.2 Å². The average molecular weight is 391 g/mol. The highest BCUT2D eigenvalue weighted by atomic mass is 79.9. The highest BCUT2D eigenvalue weighted by molar-refractivity contribution is 9.10. The fourth-order valence-electron chi connectivity index (χ4n) is 1.93. The number of nitrogens with one attached hydrogen (secondary N) is 1. The molecule has 2 rings (SSSR count). The molecule has 1 nitrogen and oxygen atoms in total. The van der Waals surface area contributed by atoms with E-state index < -0.39 is 0 Å². The third-order valence-electron chi connectivity index (χ3n) is 2.83. The Morgan fingerprint density at radius 1 is 1.00 bits per heavy atom. The van der Waals surface area contributed by atoms with Crippen LogP contribution in [0.2, 0.25) is 0 Å². The Morgan fingerprint density at radius 3 is 2.37 bits per heavy atom. The maximum absolute atomic E-state index is 13.4. The number of halogens is 4. The predicted octanol–water partition coefficient (Wildman–Crippen LogP) is 4.80. The molecule has 100 valence electrons. The lowest BCUT2D eigenvalue weighted by molar-refractivity contribution is 0.609. The smallest absolute Gasteiger partial charge is 0.137 e. The van der Waals surface area contributed by atoms with E-state index >= 15 is 0 Å². The van der Waals surface area contributed by atoms with E-state index in [-0.39, 0.29) is 17.7 Å². The van der Waals surface area contributed by atoms with Gasteiger partial charge < -0.3 is 5.32 Å². The molecular formula is C14H11Br2F2N. The van der Waals surface area contributed by atoms with Gasteiger partial charge in [-0.25, -0.2) is 8.78 Å². The normalized spacial score (nSPS) is 12.5. The Morgan fingerprint density at radius 2 is 1.74 bits per heavy atom. The summed E-state index contributed by atoms with van der Waals surface area (Å²) in [5.74, 6) is -0.628. The van der Waals surface area contributed by atoms with Crippen molar-refractivity contribution in [3.63, 3.8) is 0 Å². The standard InChI is InChI=1S/C14H11Br2F2N/c1-19-14(8-2-5-13(18)12(16)6-8)10-7-9(17)3-4-11(10)15/h2-7,14,19H,1H3. The summed E-state index contributed by atoms with van der Waals surface area (Å²) >= 11 is 6.57. The van der Waals surface area contributed by atoms with Crippen molar-refractivity contribution >= 4 is 31.9 Å². The quantitative estimate of drug-likeness (QED) is 0.793. The average Bonchev–Trinajstić information content (AvgIpc) is 2.38. The van der Waals surface area contributed by atoms with E-state index in [1.165, 1.54) is 18.2 Å². The minimum Gasteiger partial charge on any atom is -0.309 e.